The third-order valence-electron chi connectivity index (χ3n) is 5.54. The van der Waals surface area contributed by atoms with Gasteiger partial charge in [-0.15, -0.1) is 5.10 Å². The third kappa shape index (κ3) is 5.32. The molecule has 2 heterocycles. The van der Waals surface area contributed by atoms with Crippen LogP contribution in [0.15, 0.2) is 83.8 Å². The van der Waals surface area contributed by atoms with E-state index in [-0.39, 0.29) is 22.6 Å². The molecule has 0 saturated carbocycles. The maximum Gasteiger partial charge on any atom is 0.264 e. The molecule has 0 radical (unpaired) electrons. The number of nitrogens with zero attached hydrogens (tertiary/aromatic N) is 3. The first kappa shape index (κ1) is 24.5. The van der Waals surface area contributed by atoms with Crippen molar-refractivity contribution in [1.82, 2.24) is 14.8 Å². The summed E-state index contributed by atoms with van der Waals surface area (Å²) in [5, 5.41) is 10.7. The van der Waals surface area contributed by atoms with Gasteiger partial charge in [-0.3, -0.25) is 4.79 Å². The molecule has 0 saturated heterocycles. The number of hydrogen-bond donors (Lipinski definition) is 3. The fourth-order valence-electron chi connectivity index (χ4n) is 3.83. The van der Waals surface area contributed by atoms with Gasteiger partial charge in [0.05, 0.1) is 4.90 Å². The van der Waals surface area contributed by atoms with E-state index in [9.17, 15) is 17.6 Å². The molecule has 1 aliphatic rings. The monoisotopic (exact) mass is 538 g/mol. The van der Waals surface area contributed by atoms with E-state index in [2.05, 4.69) is 25.4 Å². The predicted molar refractivity (Wildman–Crippen MR) is 139 cm³/mol. The molecule has 5 rings (SSSR count). The number of amides is 1. The van der Waals surface area contributed by atoms with E-state index in [1.54, 1.807) is 24.3 Å². The number of carbonyl (C=O) groups excluding carboxylic acids is 1. The number of benzene rings is 3. The molecule has 12 heteroatoms. The summed E-state index contributed by atoms with van der Waals surface area (Å²) in [5.74, 6) is -0.500. The summed E-state index contributed by atoms with van der Waals surface area (Å²) in [4.78, 5) is 15.5. The minimum absolute atomic E-state index is 0.0302. The summed E-state index contributed by atoms with van der Waals surface area (Å²) in [6.45, 7) is 1.36. The van der Waals surface area contributed by atoms with Gasteiger partial charge in [0.1, 0.15) is 11.9 Å². The lowest BCUT2D eigenvalue weighted by molar-refractivity contribution is -0.114. The molecule has 0 unspecified atom stereocenters. The quantitative estimate of drug-likeness (QED) is 0.322. The lowest BCUT2D eigenvalue weighted by Gasteiger charge is -2.24. The van der Waals surface area contributed by atoms with E-state index >= 15 is 0 Å². The first-order valence-electron chi connectivity index (χ1n) is 11.1. The van der Waals surface area contributed by atoms with Crippen LogP contribution in [0.25, 0.3) is 5.70 Å². The fourth-order valence-corrected chi connectivity index (χ4v) is 4.90. The highest BCUT2D eigenvalue weighted by Crippen LogP contribution is 2.34. The zero-order valence-corrected chi connectivity index (χ0v) is 20.9. The summed E-state index contributed by atoms with van der Waals surface area (Å²) < 4.78 is 43.5. The van der Waals surface area contributed by atoms with Crippen molar-refractivity contribution < 1.29 is 17.6 Å². The Morgan fingerprint density at radius 3 is 2.35 bits per heavy atom. The zero-order chi connectivity index (χ0) is 26.2. The molecular weight excluding hydrogens is 519 g/mol. The van der Waals surface area contributed by atoms with Crippen molar-refractivity contribution in [3.8, 4) is 0 Å². The smallest absolute Gasteiger partial charge is 0.264 e. The second-order valence-corrected chi connectivity index (χ2v) is 10.3. The second-order valence-electron chi connectivity index (χ2n) is 8.22. The van der Waals surface area contributed by atoms with E-state index in [0.29, 0.717) is 22.4 Å². The number of halogens is 2. The summed E-state index contributed by atoms with van der Waals surface area (Å²) in [5.41, 5.74) is 2.72. The Morgan fingerprint density at radius 2 is 1.70 bits per heavy atom. The van der Waals surface area contributed by atoms with Crippen LogP contribution in [-0.4, -0.2) is 29.1 Å². The van der Waals surface area contributed by atoms with Gasteiger partial charge in [0.25, 0.3) is 16.0 Å². The predicted octanol–water partition coefficient (Wildman–Crippen LogP) is 4.89. The lowest BCUT2D eigenvalue weighted by Crippen LogP contribution is -2.20. The molecule has 0 fully saturated rings. The molecule has 37 heavy (non-hydrogen) atoms. The topological polar surface area (TPSA) is 118 Å². The molecule has 188 valence electrons. The number of sulfonamides is 1. The van der Waals surface area contributed by atoms with E-state index in [4.69, 9.17) is 11.6 Å². The molecule has 1 aromatic heterocycles. The molecule has 0 bridgehead atoms. The number of allylic oxidation sites excluding steroid dienone is 1. The number of hydrogen-bond acceptors (Lipinski definition) is 6. The Morgan fingerprint density at radius 1 is 1.03 bits per heavy atom. The highest BCUT2D eigenvalue weighted by Gasteiger charge is 2.27. The normalized spacial score (nSPS) is 14.8. The molecule has 1 atom stereocenters. The Hall–Kier alpha value is -4.22. The van der Waals surface area contributed by atoms with Crippen molar-refractivity contribution in [2.75, 3.05) is 15.4 Å². The van der Waals surface area contributed by atoms with Crippen LogP contribution in [0, 0.1) is 5.82 Å². The minimum atomic E-state index is -4.03. The van der Waals surface area contributed by atoms with Crippen molar-refractivity contribution in [1.29, 1.82) is 0 Å². The maximum atomic E-state index is 13.6. The number of nitrogens with one attached hydrogen (secondary N) is 3. The number of aromatic nitrogens is 3. The number of carbonyl (C=O) groups is 1. The van der Waals surface area contributed by atoms with Crippen LogP contribution in [0.5, 0.6) is 0 Å². The van der Waals surface area contributed by atoms with Crippen LogP contribution in [0.2, 0.25) is 5.02 Å². The van der Waals surface area contributed by atoms with Crippen molar-refractivity contribution in [2.24, 2.45) is 0 Å². The van der Waals surface area contributed by atoms with Crippen LogP contribution in [0.4, 0.5) is 22.0 Å². The average Bonchev–Trinajstić information content (AvgIpc) is 3.26. The van der Waals surface area contributed by atoms with Crippen LogP contribution in [0.3, 0.4) is 0 Å². The van der Waals surface area contributed by atoms with Crippen LogP contribution >= 0.6 is 11.6 Å². The van der Waals surface area contributed by atoms with E-state index < -0.39 is 16.1 Å². The number of fused-ring (bicyclic) bond motifs is 1. The van der Waals surface area contributed by atoms with E-state index in [0.717, 1.165) is 11.1 Å². The molecule has 1 aliphatic heterocycles. The molecule has 0 spiro atoms. The maximum absolute atomic E-state index is 13.6. The van der Waals surface area contributed by atoms with Gasteiger partial charge in [-0.25, -0.2) is 22.2 Å². The summed E-state index contributed by atoms with van der Waals surface area (Å²) >= 11 is 6.03. The van der Waals surface area contributed by atoms with Gasteiger partial charge < -0.3 is 10.6 Å². The summed E-state index contributed by atoms with van der Waals surface area (Å²) in [7, 11) is -4.03. The minimum Gasteiger partial charge on any atom is -0.326 e. The first-order chi connectivity index (χ1) is 17.7. The van der Waals surface area contributed by atoms with Crippen LogP contribution in [-0.2, 0) is 14.8 Å². The Balaban J connectivity index is 1.47. The molecule has 4 aromatic rings. The first-order valence-corrected chi connectivity index (χ1v) is 12.9. The number of rotatable bonds is 6. The molecule has 9 nitrogen and oxygen atoms in total. The van der Waals surface area contributed by atoms with Gasteiger partial charge in [-0.1, -0.05) is 35.9 Å². The average molecular weight is 539 g/mol. The van der Waals surface area contributed by atoms with Crippen molar-refractivity contribution in [3.63, 3.8) is 0 Å². The Labute approximate surface area is 217 Å². The van der Waals surface area contributed by atoms with Crippen molar-refractivity contribution >= 4 is 50.8 Å². The molecule has 3 aromatic carbocycles. The number of anilines is 3. The van der Waals surface area contributed by atoms with Gasteiger partial charge in [0, 0.05) is 23.3 Å². The molecule has 0 aliphatic carbocycles. The highest BCUT2D eigenvalue weighted by atomic mass is 35.5. The van der Waals surface area contributed by atoms with Crippen LogP contribution in [0.1, 0.15) is 24.1 Å². The molecule has 3 N–H and O–H groups in total. The fraction of sp³-hybridized carbons (Fsp3) is 0.0800. The largest absolute Gasteiger partial charge is 0.326 e. The summed E-state index contributed by atoms with van der Waals surface area (Å²) in [6, 6.07) is 18.3. The van der Waals surface area contributed by atoms with Gasteiger partial charge in [0.15, 0.2) is 0 Å². The van der Waals surface area contributed by atoms with Gasteiger partial charge >= 0.3 is 0 Å². The van der Waals surface area contributed by atoms with Crippen molar-refractivity contribution in [3.05, 3.63) is 101 Å². The SMILES string of the molecule is CC(=O)Nc1ccc(S(=O)(=O)Nc2nc3n(n2)[C@H](c2ccc(F)cc2)C=C(c2ccc(Cl)cc2)N3)cc1. The van der Waals surface area contributed by atoms with E-state index in [1.807, 2.05) is 18.2 Å². The molecule has 1 amide bonds. The van der Waals surface area contributed by atoms with Gasteiger partial charge in [-0.05, 0) is 65.7 Å². The standard InChI is InChI=1S/C25H20ClFN6O3S/c1-15(34)28-20-10-12-21(13-11-20)37(35,36)32-24-30-25-29-22(16-2-6-18(26)7-3-16)14-23(33(25)31-24)17-4-8-19(27)9-5-17/h2-14,23H,1H3,(H,28,34)(H2,29,30,31,32)/t23-/m0/s1. The Kier molecular flexibility index (Phi) is 6.40. The Bertz CT molecular complexity index is 1600. The zero-order valence-electron chi connectivity index (χ0n) is 19.3. The lowest BCUT2D eigenvalue weighted by atomic mass is 10.0. The summed E-state index contributed by atoms with van der Waals surface area (Å²) in [6.07, 6.45) is 1.89. The third-order valence-corrected chi connectivity index (χ3v) is 7.14. The van der Waals surface area contributed by atoms with Gasteiger partial charge in [-0.2, -0.15) is 4.98 Å². The second kappa shape index (κ2) is 9.68. The van der Waals surface area contributed by atoms with E-state index in [1.165, 1.54) is 48.0 Å². The molecular formula is C25H20ClFN6O3S. The van der Waals surface area contributed by atoms with Gasteiger partial charge in [0.2, 0.25) is 11.9 Å². The van der Waals surface area contributed by atoms with Crippen molar-refractivity contribution in [2.45, 2.75) is 17.9 Å². The highest BCUT2D eigenvalue weighted by molar-refractivity contribution is 7.92. The van der Waals surface area contributed by atoms with Crippen LogP contribution < -0.4 is 15.4 Å².